The van der Waals surface area contributed by atoms with E-state index in [1.165, 1.54) is 0 Å². The maximum Gasteiger partial charge on any atom is 0.232 e. The Bertz CT molecular complexity index is 755. The second kappa shape index (κ2) is 7.15. The van der Waals surface area contributed by atoms with Crippen LogP contribution in [0.1, 0.15) is 44.4 Å². The molecule has 2 aromatic rings. The molecule has 2 aliphatic rings. The fourth-order valence-corrected chi connectivity index (χ4v) is 4.14. The third kappa shape index (κ3) is 3.11. The first kappa shape index (κ1) is 17.1. The molecule has 2 fully saturated rings. The summed E-state index contributed by atoms with van der Waals surface area (Å²) >= 11 is 0. The van der Waals surface area contributed by atoms with E-state index in [0.29, 0.717) is 24.7 Å². The standard InChI is InChI=1S/C19H24N4O3/c1-2-4-16(24)23-12-15(19(13-23)6-9-25-10-7-19)18-21-17(22-26-18)14-5-3-8-20-11-14/h3,5,8,11,15H,2,4,6-7,9-10,12-13H2,1H3/t15-/m1/s1. The average molecular weight is 356 g/mol. The number of carbonyl (C=O) groups is 1. The highest BCUT2D eigenvalue weighted by Crippen LogP contribution is 2.49. The number of amides is 1. The SMILES string of the molecule is CCCC(=O)N1C[C@H](c2nc(-c3cccnc3)no2)C2(CCOCC2)C1. The van der Waals surface area contributed by atoms with Gasteiger partial charge < -0.3 is 14.2 Å². The second-order valence-electron chi connectivity index (χ2n) is 7.25. The summed E-state index contributed by atoms with van der Waals surface area (Å²) in [6, 6.07) is 3.77. The van der Waals surface area contributed by atoms with Crippen molar-refractivity contribution in [1.29, 1.82) is 0 Å². The van der Waals surface area contributed by atoms with Gasteiger partial charge in [-0.3, -0.25) is 9.78 Å². The van der Waals surface area contributed by atoms with Gasteiger partial charge in [-0.1, -0.05) is 12.1 Å². The minimum atomic E-state index is -0.0274. The molecule has 0 saturated carbocycles. The van der Waals surface area contributed by atoms with Crippen molar-refractivity contribution >= 4 is 5.91 Å². The summed E-state index contributed by atoms with van der Waals surface area (Å²) in [4.78, 5) is 23.2. The van der Waals surface area contributed by atoms with Gasteiger partial charge in [0.25, 0.3) is 0 Å². The van der Waals surface area contributed by atoms with Crippen molar-refractivity contribution in [3.8, 4) is 11.4 Å². The summed E-state index contributed by atoms with van der Waals surface area (Å²) in [5.41, 5.74) is 0.806. The number of hydrogen-bond acceptors (Lipinski definition) is 6. The molecule has 0 radical (unpaired) electrons. The third-order valence-corrected chi connectivity index (χ3v) is 5.61. The molecule has 2 saturated heterocycles. The Balaban J connectivity index is 1.62. The average Bonchev–Trinajstić information content (AvgIpc) is 3.29. The van der Waals surface area contributed by atoms with Crippen LogP contribution in [0, 0.1) is 5.41 Å². The lowest BCUT2D eigenvalue weighted by atomic mass is 9.72. The van der Waals surface area contributed by atoms with E-state index in [-0.39, 0.29) is 17.2 Å². The summed E-state index contributed by atoms with van der Waals surface area (Å²) < 4.78 is 11.2. The quantitative estimate of drug-likeness (QED) is 0.838. The molecule has 4 rings (SSSR count). The van der Waals surface area contributed by atoms with Gasteiger partial charge in [0, 0.05) is 56.1 Å². The zero-order valence-electron chi connectivity index (χ0n) is 15.1. The van der Waals surface area contributed by atoms with Gasteiger partial charge in [0.15, 0.2) is 0 Å². The predicted molar refractivity (Wildman–Crippen MR) is 94.2 cm³/mol. The molecule has 0 aliphatic carbocycles. The lowest BCUT2D eigenvalue weighted by Crippen LogP contribution is -2.37. The van der Waals surface area contributed by atoms with E-state index in [2.05, 4.69) is 15.1 Å². The van der Waals surface area contributed by atoms with E-state index in [4.69, 9.17) is 9.26 Å². The molecule has 1 spiro atoms. The molecule has 0 unspecified atom stereocenters. The number of ether oxygens (including phenoxy) is 1. The van der Waals surface area contributed by atoms with Crippen LogP contribution >= 0.6 is 0 Å². The summed E-state index contributed by atoms with van der Waals surface area (Å²) in [5.74, 6) is 1.45. The molecule has 0 N–H and O–H groups in total. The van der Waals surface area contributed by atoms with Crippen LogP contribution < -0.4 is 0 Å². The van der Waals surface area contributed by atoms with Gasteiger partial charge in [-0.15, -0.1) is 0 Å². The molecule has 1 atom stereocenters. The Labute approximate surface area is 152 Å². The Morgan fingerprint density at radius 2 is 2.23 bits per heavy atom. The van der Waals surface area contributed by atoms with Crippen LogP contribution in [0.3, 0.4) is 0 Å². The third-order valence-electron chi connectivity index (χ3n) is 5.61. The van der Waals surface area contributed by atoms with E-state index in [9.17, 15) is 4.79 Å². The highest BCUT2D eigenvalue weighted by Gasteiger charge is 2.51. The number of nitrogens with zero attached hydrogens (tertiary/aromatic N) is 4. The Morgan fingerprint density at radius 3 is 2.96 bits per heavy atom. The van der Waals surface area contributed by atoms with Gasteiger partial charge >= 0.3 is 0 Å². The zero-order chi connectivity index (χ0) is 18.0. The Kier molecular flexibility index (Phi) is 4.72. The molecule has 7 heteroatoms. The highest BCUT2D eigenvalue weighted by molar-refractivity contribution is 5.76. The summed E-state index contributed by atoms with van der Waals surface area (Å²) in [6.45, 7) is 4.87. The van der Waals surface area contributed by atoms with E-state index < -0.39 is 0 Å². The molecule has 4 heterocycles. The monoisotopic (exact) mass is 356 g/mol. The van der Waals surface area contributed by atoms with Gasteiger partial charge in [-0.2, -0.15) is 4.98 Å². The maximum absolute atomic E-state index is 12.5. The van der Waals surface area contributed by atoms with Gasteiger partial charge in [-0.05, 0) is 31.4 Å². The van der Waals surface area contributed by atoms with Crippen LogP contribution in [-0.4, -0.2) is 52.2 Å². The van der Waals surface area contributed by atoms with Crippen LogP contribution in [0.4, 0.5) is 0 Å². The Morgan fingerprint density at radius 1 is 1.38 bits per heavy atom. The summed E-state index contributed by atoms with van der Waals surface area (Å²) in [7, 11) is 0. The Hall–Kier alpha value is -2.28. The molecular weight excluding hydrogens is 332 g/mol. The van der Waals surface area contributed by atoms with Crippen LogP contribution in [0.5, 0.6) is 0 Å². The number of rotatable bonds is 4. The van der Waals surface area contributed by atoms with Gasteiger partial charge in [0.2, 0.25) is 17.6 Å². The molecule has 26 heavy (non-hydrogen) atoms. The molecule has 0 aromatic carbocycles. The largest absolute Gasteiger partial charge is 0.381 e. The van der Waals surface area contributed by atoms with E-state index in [1.807, 2.05) is 24.0 Å². The molecule has 0 bridgehead atoms. The maximum atomic E-state index is 12.5. The van der Waals surface area contributed by atoms with Crippen molar-refractivity contribution in [2.75, 3.05) is 26.3 Å². The number of hydrogen-bond donors (Lipinski definition) is 0. The van der Waals surface area contributed by atoms with Gasteiger partial charge in [0.05, 0.1) is 5.92 Å². The van der Waals surface area contributed by atoms with Crippen molar-refractivity contribution in [3.63, 3.8) is 0 Å². The fourth-order valence-electron chi connectivity index (χ4n) is 4.14. The number of carbonyl (C=O) groups excluding carboxylic acids is 1. The van der Waals surface area contributed by atoms with Crippen molar-refractivity contribution in [2.24, 2.45) is 5.41 Å². The van der Waals surface area contributed by atoms with Crippen molar-refractivity contribution < 1.29 is 14.1 Å². The van der Waals surface area contributed by atoms with E-state index in [1.54, 1.807) is 12.4 Å². The van der Waals surface area contributed by atoms with Gasteiger partial charge in [0.1, 0.15) is 0 Å². The predicted octanol–water partition coefficient (Wildman–Crippen LogP) is 2.65. The first-order valence-electron chi connectivity index (χ1n) is 9.31. The second-order valence-corrected chi connectivity index (χ2v) is 7.25. The van der Waals surface area contributed by atoms with Crippen LogP contribution in [-0.2, 0) is 9.53 Å². The summed E-state index contributed by atoms with van der Waals surface area (Å²) in [6.07, 6.45) is 6.72. The minimum absolute atomic E-state index is 0.0274. The van der Waals surface area contributed by atoms with Gasteiger partial charge in [-0.25, -0.2) is 0 Å². The van der Waals surface area contributed by atoms with Crippen molar-refractivity contribution in [1.82, 2.24) is 20.0 Å². The van der Waals surface area contributed by atoms with E-state index >= 15 is 0 Å². The molecule has 138 valence electrons. The van der Waals surface area contributed by atoms with E-state index in [0.717, 1.165) is 44.6 Å². The lowest BCUT2D eigenvalue weighted by Gasteiger charge is -2.36. The van der Waals surface area contributed by atoms with Crippen LogP contribution in [0.25, 0.3) is 11.4 Å². The molecular formula is C19H24N4O3. The van der Waals surface area contributed by atoms with Crippen molar-refractivity contribution in [2.45, 2.75) is 38.5 Å². The minimum Gasteiger partial charge on any atom is -0.381 e. The molecule has 2 aliphatic heterocycles. The first-order valence-corrected chi connectivity index (χ1v) is 9.31. The lowest BCUT2D eigenvalue weighted by molar-refractivity contribution is -0.130. The van der Waals surface area contributed by atoms with Crippen molar-refractivity contribution in [3.05, 3.63) is 30.4 Å². The van der Waals surface area contributed by atoms with Crippen LogP contribution in [0.15, 0.2) is 29.0 Å². The fraction of sp³-hybridized carbons (Fsp3) is 0.579. The highest BCUT2D eigenvalue weighted by atomic mass is 16.5. The van der Waals surface area contributed by atoms with Crippen LogP contribution in [0.2, 0.25) is 0 Å². The number of likely N-dealkylation sites (tertiary alicyclic amines) is 1. The zero-order valence-corrected chi connectivity index (χ0v) is 15.1. The normalized spacial score (nSPS) is 22.0. The molecule has 7 nitrogen and oxygen atoms in total. The summed E-state index contributed by atoms with van der Waals surface area (Å²) in [5, 5.41) is 4.15. The molecule has 1 amide bonds. The number of aromatic nitrogens is 3. The number of pyridine rings is 1. The molecule has 2 aromatic heterocycles. The smallest absolute Gasteiger partial charge is 0.232 e. The first-order chi connectivity index (χ1) is 12.7. The topological polar surface area (TPSA) is 81.4 Å².